The molecule has 4 N–H and O–H groups in total. The summed E-state index contributed by atoms with van der Waals surface area (Å²) in [4.78, 5) is 21.0. The predicted octanol–water partition coefficient (Wildman–Crippen LogP) is 2.98. The molecule has 108 valence electrons. The summed E-state index contributed by atoms with van der Waals surface area (Å²) >= 11 is 0. The SMILES string of the molecule is Nc1ccc(Nc2ccccc2OC(=O)O)c([N+](=O)[O-])c1. The lowest BCUT2D eigenvalue weighted by Gasteiger charge is -2.11. The summed E-state index contributed by atoms with van der Waals surface area (Å²) in [6.07, 6.45) is -1.48. The van der Waals surface area contributed by atoms with Crippen LogP contribution in [0, 0.1) is 10.1 Å². The van der Waals surface area contributed by atoms with Crippen LogP contribution in [0.4, 0.5) is 27.5 Å². The van der Waals surface area contributed by atoms with Crippen LogP contribution >= 0.6 is 0 Å². The van der Waals surface area contributed by atoms with Gasteiger partial charge in [0.2, 0.25) is 0 Å². The van der Waals surface area contributed by atoms with E-state index in [-0.39, 0.29) is 28.5 Å². The summed E-state index contributed by atoms with van der Waals surface area (Å²) in [6.45, 7) is 0. The van der Waals surface area contributed by atoms with Crippen LogP contribution in [0.1, 0.15) is 0 Å². The molecule has 0 aliphatic heterocycles. The first-order valence-electron chi connectivity index (χ1n) is 5.78. The zero-order chi connectivity index (χ0) is 15.4. The molecule has 2 aromatic carbocycles. The fourth-order valence-corrected chi connectivity index (χ4v) is 1.70. The molecular formula is C13H11N3O5. The highest BCUT2D eigenvalue weighted by Crippen LogP contribution is 2.33. The molecule has 0 aromatic heterocycles. The van der Waals surface area contributed by atoms with Crippen molar-refractivity contribution in [1.29, 1.82) is 0 Å². The molecule has 8 heteroatoms. The van der Waals surface area contributed by atoms with Gasteiger partial charge in [0.1, 0.15) is 5.69 Å². The minimum Gasteiger partial charge on any atom is -0.449 e. The van der Waals surface area contributed by atoms with E-state index in [0.29, 0.717) is 0 Å². The zero-order valence-electron chi connectivity index (χ0n) is 10.6. The number of hydrogen-bond donors (Lipinski definition) is 3. The van der Waals surface area contributed by atoms with Crippen LogP contribution in [0.15, 0.2) is 42.5 Å². The lowest BCUT2D eigenvalue weighted by atomic mass is 10.2. The van der Waals surface area contributed by atoms with E-state index in [1.807, 2.05) is 0 Å². The van der Waals surface area contributed by atoms with Crippen molar-refractivity contribution < 1.29 is 19.6 Å². The highest BCUT2D eigenvalue weighted by molar-refractivity contribution is 5.76. The first-order valence-corrected chi connectivity index (χ1v) is 5.78. The third-order valence-electron chi connectivity index (χ3n) is 2.57. The lowest BCUT2D eigenvalue weighted by Crippen LogP contribution is -2.05. The summed E-state index contributed by atoms with van der Waals surface area (Å²) in [5.74, 6) is 0.0381. The number of carboxylic acid groups (broad SMARTS) is 1. The summed E-state index contributed by atoms with van der Waals surface area (Å²) in [7, 11) is 0. The molecule has 2 rings (SSSR count). The van der Waals surface area contributed by atoms with E-state index >= 15 is 0 Å². The Morgan fingerprint density at radius 2 is 1.95 bits per heavy atom. The highest BCUT2D eigenvalue weighted by Gasteiger charge is 2.16. The first kappa shape index (κ1) is 14.1. The number of nitrogens with zero attached hydrogens (tertiary/aromatic N) is 1. The molecule has 0 amide bonds. The largest absolute Gasteiger partial charge is 0.511 e. The Kier molecular flexibility index (Phi) is 3.89. The van der Waals surface area contributed by atoms with Gasteiger partial charge < -0.3 is 20.9 Å². The molecule has 2 aromatic rings. The van der Waals surface area contributed by atoms with Crippen molar-refractivity contribution in [2.45, 2.75) is 0 Å². The van der Waals surface area contributed by atoms with Crippen LogP contribution in [0.3, 0.4) is 0 Å². The van der Waals surface area contributed by atoms with Crippen LogP contribution in [0.25, 0.3) is 0 Å². The summed E-state index contributed by atoms with van der Waals surface area (Å²) < 4.78 is 4.60. The van der Waals surface area contributed by atoms with Crippen molar-refractivity contribution in [1.82, 2.24) is 0 Å². The fourth-order valence-electron chi connectivity index (χ4n) is 1.70. The van der Waals surface area contributed by atoms with Crippen LogP contribution < -0.4 is 15.8 Å². The number of nitro benzene ring substituents is 1. The highest BCUT2D eigenvalue weighted by atomic mass is 16.7. The molecule has 0 unspecified atom stereocenters. The summed E-state index contributed by atoms with van der Waals surface area (Å²) in [6, 6.07) is 10.3. The fraction of sp³-hybridized carbons (Fsp3) is 0. The number of nitrogen functional groups attached to an aromatic ring is 1. The van der Waals surface area contributed by atoms with E-state index in [1.165, 1.54) is 24.3 Å². The predicted molar refractivity (Wildman–Crippen MR) is 75.9 cm³/mol. The Balaban J connectivity index is 2.39. The maximum Gasteiger partial charge on any atom is 0.511 e. The number of nitrogens with one attached hydrogen (secondary N) is 1. The number of rotatable bonds is 4. The van der Waals surface area contributed by atoms with Crippen LogP contribution in [0.5, 0.6) is 5.75 Å². The van der Waals surface area contributed by atoms with Gasteiger partial charge in [-0.15, -0.1) is 0 Å². The van der Waals surface area contributed by atoms with Gasteiger partial charge in [0.15, 0.2) is 5.75 Å². The average molecular weight is 289 g/mol. The Morgan fingerprint density at radius 1 is 1.24 bits per heavy atom. The van der Waals surface area contributed by atoms with E-state index in [2.05, 4.69) is 10.1 Å². The number of ether oxygens (including phenoxy) is 1. The quantitative estimate of drug-likeness (QED) is 0.259. The third-order valence-corrected chi connectivity index (χ3v) is 2.57. The van der Waals surface area contributed by atoms with Gasteiger partial charge in [-0.1, -0.05) is 12.1 Å². The zero-order valence-corrected chi connectivity index (χ0v) is 10.6. The maximum absolute atomic E-state index is 11.0. The number of nitrogens with two attached hydrogens (primary N) is 1. The molecule has 0 spiro atoms. The van der Waals surface area contributed by atoms with Crippen molar-refractivity contribution in [2.75, 3.05) is 11.1 Å². The van der Waals surface area contributed by atoms with Gasteiger partial charge in [0, 0.05) is 11.8 Å². The molecule has 0 bridgehead atoms. The van der Waals surface area contributed by atoms with Crippen molar-refractivity contribution in [2.24, 2.45) is 0 Å². The van der Waals surface area contributed by atoms with E-state index in [1.54, 1.807) is 18.2 Å². The number of hydrogen-bond acceptors (Lipinski definition) is 6. The van der Waals surface area contributed by atoms with Crippen molar-refractivity contribution in [3.05, 3.63) is 52.6 Å². The van der Waals surface area contributed by atoms with Gasteiger partial charge in [-0.05, 0) is 24.3 Å². The monoisotopic (exact) mass is 289 g/mol. The minimum absolute atomic E-state index is 0.0381. The Labute approximate surface area is 118 Å². The topological polar surface area (TPSA) is 128 Å². The molecule has 0 saturated carbocycles. The van der Waals surface area contributed by atoms with Gasteiger partial charge >= 0.3 is 6.16 Å². The van der Waals surface area contributed by atoms with E-state index in [9.17, 15) is 14.9 Å². The Morgan fingerprint density at radius 3 is 2.62 bits per heavy atom. The molecule has 0 radical (unpaired) electrons. The molecule has 0 saturated heterocycles. The smallest absolute Gasteiger partial charge is 0.449 e. The van der Waals surface area contributed by atoms with Crippen molar-refractivity contribution in [3.8, 4) is 5.75 Å². The molecule has 8 nitrogen and oxygen atoms in total. The third kappa shape index (κ3) is 3.38. The molecule has 0 heterocycles. The molecular weight excluding hydrogens is 278 g/mol. The summed E-state index contributed by atoms with van der Waals surface area (Å²) in [5.41, 5.74) is 6.01. The van der Waals surface area contributed by atoms with Crippen LogP contribution in [-0.2, 0) is 0 Å². The molecule has 0 aliphatic rings. The number of para-hydroxylation sites is 2. The second-order valence-corrected chi connectivity index (χ2v) is 4.02. The number of benzene rings is 2. The average Bonchev–Trinajstić information content (AvgIpc) is 2.42. The Hall–Kier alpha value is -3.29. The van der Waals surface area contributed by atoms with E-state index in [0.717, 1.165) is 0 Å². The van der Waals surface area contributed by atoms with Gasteiger partial charge in [0.25, 0.3) is 5.69 Å². The van der Waals surface area contributed by atoms with E-state index < -0.39 is 11.1 Å². The number of anilines is 3. The second kappa shape index (κ2) is 5.78. The number of nitro groups is 1. The standard InChI is InChI=1S/C13H11N3O5/c14-8-5-6-9(11(7-8)16(19)20)15-10-3-1-2-4-12(10)21-13(17)18/h1-7,15H,14H2,(H,17,18). The lowest BCUT2D eigenvalue weighted by molar-refractivity contribution is -0.383. The van der Waals surface area contributed by atoms with Gasteiger partial charge in [-0.2, -0.15) is 0 Å². The maximum atomic E-state index is 11.0. The van der Waals surface area contributed by atoms with Crippen LogP contribution in [-0.4, -0.2) is 16.2 Å². The van der Waals surface area contributed by atoms with Crippen molar-refractivity contribution >= 4 is 28.9 Å². The van der Waals surface area contributed by atoms with Gasteiger partial charge in [-0.25, -0.2) is 4.79 Å². The van der Waals surface area contributed by atoms with Gasteiger partial charge in [-0.3, -0.25) is 10.1 Å². The molecule has 0 atom stereocenters. The summed E-state index contributed by atoms with van der Waals surface area (Å²) in [5, 5.41) is 22.4. The molecule has 21 heavy (non-hydrogen) atoms. The Bertz CT molecular complexity index is 702. The second-order valence-electron chi connectivity index (χ2n) is 4.02. The molecule has 0 aliphatic carbocycles. The molecule has 0 fully saturated rings. The first-order chi connectivity index (χ1) is 9.97. The minimum atomic E-state index is -1.48. The normalized spacial score (nSPS) is 9.90. The number of carbonyl (C=O) groups is 1. The van der Waals surface area contributed by atoms with Gasteiger partial charge in [0.05, 0.1) is 10.6 Å². The van der Waals surface area contributed by atoms with E-state index in [4.69, 9.17) is 10.8 Å². The van der Waals surface area contributed by atoms with Crippen molar-refractivity contribution in [3.63, 3.8) is 0 Å². The van der Waals surface area contributed by atoms with Crippen LogP contribution in [0.2, 0.25) is 0 Å².